The molecule has 0 saturated carbocycles. The van der Waals surface area contributed by atoms with E-state index in [1.807, 2.05) is 0 Å². The molecule has 2 nitrogen and oxygen atoms in total. The molecule has 0 aromatic rings. The van der Waals surface area contributed by atoms with E-state index in [0.717, 1.165) is 0 Å². The van der Waals surface area contributed by atoms with E-state index in [0.29, 0.717) is 6.61 Å². The molecule has 0 unspecified atom stereocenters. The minimum Gasteiger partial charge on any atom is -0.375 e. The number of halogens is 3. The number of alkyl halides is 3. The molecule has 11 heavy (non-hydrogen) atoms. The van der Waals surface area contributed by atoms with Crippen molar-refractivity contribution in [2.24, 2.45) is 0 Å². The molecule has 1 N–H and O–H groups in total. The van der Waals surface area contributed by atoms with Crippen LogP contribution in [0.25, 0.3) is 0 Å². The summed E-state index contributed by atoms with van der Waals surface area (Å²) in [5.41, 5.74) is 0. The third-order valence-electron chi connectivity index (χ3n) is 1.67. The van der Waals surface area contributed by atoms with Crippen molar-refractivity contribution < 1.29 is 17.9 Å². The summed E-state index contributed by atoms with van der Waals surface area (Å²) >= 11 is 0. The van der Waals surface area contributed by atoms with Crippen LogP contribution in [0.2, 0.25) is 0 Å². The average Bonchev–Trinajstić information content (AvgIpc) is 1.86. The van der Waals surface area contributed by atoms with Gasteiger partial charge in [-0.25, -0.2) is 0 Å². The molecule has 1 saturated heterocycles. The lowest BCUT2D eigenvalue weighted by Gasteiger charge is -2.31. The first-order valence-electron chi connectivity index (χ1n) is 3.43. The molecule has 1 heterocycles. The fourth-order valence-corrected chi connectivity index (χ4v) is 1.10. The first kappa shape index (κ1) is 8.80. The molecule has 0 amide bonds. The molecule has 0 aromatic heterocycles. The zero-order chi connectivity index (χ0) is 8.48. The quantitative estimate of drug-likeness (QED) is 0.582. The average molecular weight is 169 g/mol. The highest BCUT2D eigenvalue weighted by Crippen LogP contribution is 2.24. The predicted molar refractivity (Wildman–Crippen MR) is 33.3 cm³/mol. The van der Waals surface area contributed by atoms with Crippen molar-refractivity contribution in [3.8, 4) is 0 Å². The van der Waals surface area contributed by atoms with E-state index in [2.05, 4.69) is 5.32 Å². The minimum atomic E-state index is -4.19. The number of ether oxygens (including phenoxy) is 1. The molecule has 0 aromatic carbocycles. The van der Waals surface area contributed by atoms with Gasteiger partial charge in [0.15, 0.2) is 0 Å². The molecular formula is C6H10F3NO. The van der Waals surface area contributed by atoms with Crippen molar-refractivity contribution in [3.63, 3.8) is 0 Å². The summed E-state index contributed by atoms with van der Waals surface area (Å²) in [5.74, 6) is 0. The summed E-state index contributed by atoms with van der Waals surface area (Å²) in [5, 5.41) is 2.36. The van der Waals surface area contributed by atoms with Crippen LogP contribution >= 0.6 is 0 Å². The zero-order valence-corrected chi connectivity index (χ0v) is 6.11. The van der Waals surface area contributed by atoms with Crippen LogP contribution < -0.4 is 5.32 Å². The Kier molecular flexibility index (Phi) is 2.39. The van der Waals surface area contributed by atoms with Gasteiger partial charge in [0.25, 0.3) is 0 Å². The van der Waals surface area contributed by atoms with Crippen LogP contribution in [0.4, 0.5) is 13.2 Å². The molecule has 5 heteroatoms. The molecule has 0 spiro atoms. The SMILES string of the molecule is C[C@@H]1OCCN[C@@H]1C(F)(F)F. The van der Waals surface area contributed by atoms with E-state index < -0.39 is 18.3 Å². The van der Waals surface area contributed by atoms with Crippen molar-refractivity contribution in [1.82, 2.24) is 5.32 Å². The summed E-state index contributed by atoms with van der Waals surface area (Å²) < 4.78 is 41.0. The van der Waals surface area contributed by atoms with Crippen molar-refractivity contribution in [2.75, 3.05) is 13.2 Å². The van der Waals surface area contributed by atoms with Crippen molar-refractivity contribution in [2.45, 2.75) is 25.2 Å². The van der Waals surface area contributed by atoms with E-state index in [9.17, 15) is 13.2 Å². The summed E-state index contributed by atoms with van der Waals surface area (Å²) in [6, 6.07) is -1.50. The van der Waals surface area contributed by atoms with E-state index in [4.69, 9.17) is 4.74 Å². The standard InChI is InChI=1S/C6H10F3NO/c1-4-5(6(7,8)9)10-2-3-11-4/h4-5,10H,2-3H2,1H3/t4-,5-/m0/s1. The second kappa shape index (κ2) is 2.98. The van der Waals surface area contributed by atoms with Gasteiger partial charge in [-0.2, -0.15) is 13.2 Å². The van der Waals surface area contributed by atoms with Crippen molar-refractivity contribution >= 4 is 0 Å². The van der Waals surface area contributed by atoms with E-state index in [1.54, 1.807) is 0 Å². The van der Waals surface area contributed by atoms with Crippen LogP contribution in [0.15, 0.2) is 0 Å². The third-order valence-corrected chi connectivity index (χ3v) is 1.67. The summed E-state index contributed by atoms with van der Waals surface area (Å²) in [4.78, 5) is 0. The lowest BCUT2D eigenvalue weighted by atomic mass is 10.1. The summed E-state index contributed by atoms with van der Waals surface area (Å²) in [7, 11) is 0. The molecule has 1 aliphatic heterocycles. The van der Waals surface area contributed by atoms with Gasteiger partial charge in [0, 0.05) is 6.54 Å². The third kappa shape index (κ3) is 2.07. The van der Waals surface area contributed by atoms with Crippen LogP contribution in [0.5, 0.6) is 0 Å². The first-order valence-corrected chi connectivity index (χ1v) is 3.43. The largest absolute Gasteiger partial charge is 0.406 e. The van der Waals surface area contributed by atoms with Gasteiger partial charge in [-0.3, -0.25) is 0 Å². The Morgan fingerprint density at radius 3 is 2.45 bits per heavy atom. The Morgan fingerprint density at radius 1 is 1.45 bits per heavy atom. The van der Waals surface area contributed by atoms with Crippen molar-refractivity contribution in [3.05, 3.63) is 0 Å². The van der Waals surface area contributed by atoms with Crippen LogP contribution in [0, 0.1) is 0 Å². The number of hydrogen-bond acceptors (Lipinski definition) is 2. The summed E-state index contributed by atoms with van der Waals surface area (Å²) in [6.07, 6.45) is -4.97. The Bertz CT molecular complexity index is 136. The molecule has 2 atom stereocenters. The predicted octanol–water partition coefficient (Wildman–Crippen LogP) is 0.926. The molecule has 1 fully saturated rings. The molecule has 0 bridgehead atoms. The minimum absolute atomic E-state index is 0.272. The van der Waals surface area contributed by atoms with Crippen LogP contribution in [-0.2, 0) is 4.74 Å². The zero-order valence-electron chi connectivity index (χ0n) is 6.11. The van der Waals surface area contributed by atoms with Gasteiger partial charge in [0.2, 0.25) is 0 Å². The second-order valence-electron chi connectivity index (χ2n) is 2.55. The highest BCUT2D eigenvalue weighted by molar-refractivity contribution is 4.83. The highest BCUT2D eigenvalue weighted by atomic mass is 19.4. The molecular weight excluding hydrogens is 159 g/mol. The van der Waals surface area contributed by atoms with Crippen LogP contribution in [-0.4, -0.2) is 31.5 Å². The number of hydrogen-bond donors (Lipinski definition) is 1. The lowest BCUT2D eigenvalue weighted by Crippen LogP contribution is -2.55. The number of morpholine rings is 1. The normalized spacial score (nSPS) is 33.8. The second-order valence-corrected chi connectivity index (χ2v) is 2.55. The van der Waals surface area contributed by atoms with Gasteiger partial charge in [0.05, 0.1) is 12.7 Å². The Balaban J connectivity index is 2.55. The number of rotatable bonds is 0. The van der Waals surface area contributed by atoms with Gasteiger partial charge in [-0.1, -0.05) is 0 Å². The Hall–Kier alpha value is -0.290. The van der Waals surface area contributed by atoms with Gasteiger partial charge < -0.3 is 10.1 Å². The van der Waals surface area contributed by atoms with Crippen molar-refractivity contribution in [1.29, 1.82) is 0 Å². The van der Waals surface area contributed by atoms with Crippen LogP contribution in [0.1, 0.15) is 6.92 Å². The molecule has 0 aliphatic carbocycles. The van der Waals surface area contributed by atoms with Gasteiger partial charge >= 0.3 is 6.18 Å². The van der Waals surface area contributed by atoms with Gasteiger partial charge in [-0.15, -0.1) is 0 Å². The maximum Gasteiger partial charge on any atom is 0.406 e. The monoisotopic (exact) mass is 169 g/mol. The topological polar surface area (TPSA) is 21.3 Å². The maximum atomic E-state index is 12.0. The molecule has 66 valence electrons. The van der Waals surface area contributed by atoms with E-state index in [-0.39, 0.29) is 6.54 Å². The molecule has 1 rings (SSSR count). The summed E-state index contributed by atoms with van der Waals surface area (Å²) in [6.45, 7) is 2.05. The fraction of sp³-hybridized carbons (Fsp3) is 1.00. The fourth-order valence-electron chi connectivity index (χ4n) is 1.10. The molecule has 1 aliphatic rings. The Morgan fingerprint density at radius 2 is 2.09 bits per heavy atom. The van der Waals surface area contributed by atoms with Gasteiger partial charge in [0.1, 0.15) is 6.04 Å². The van der Waals surface area contributed by atoms with Gasteiger partial charge in [-0.05, 0) is 6.92 Å². The maximum absolute atomic E-state index is 12.0. The number of nitrogens with one attached hydrogen (secondary N) is 1. The highest BCUT2D eigenvalue weighted by Gasteiger charge is 2.44. The smallest absolute Gasteiger partial charge is 0.375 e. The van der Waals surface area contributed by atoms with E-state index in [1.165, 1.54) is 6.92 Å². The Labute approximate surface area is 62.7 Å². The van der Waals surface area contributed by atoms with Crippen LogP contribution in [0.3, 0.4) is 0 Å². The van der Waals surface area contributed by atoms with E-state index >= 15 is 0 Å². The molecule has 0 radical (unpaired) electrons. The lowest BCUT2D eigenvalue weighted by molar-refractivity contribution is -0.192. The first-order chi connectivity index (χ1) is 5.02.